The first-order valence-corrected chi connectivity index (χ1v) is 7.57. The maximum Gasteiger partial charge on any atom is 0.224 e. The molecule has 0 aromatic heterocycles. The molecule has 0 radical (unpaired) electrons. The molecule has 0 heterocycles. The Labute approximate surface area is 116 Å². The lowest BCUT2D eigenvalue weighted by Crippen LogP contribution is -2.26. The van der Waals surface area contributed by atoms with Gasteiger partial charge in [-0.15, -0.1) is 0 Å². The van der Waals surface area contributed by atoms with Gasteiger partial charge in [0.15, 0.2) is 0 Å². The summed E-state index contributed by atoms with van der Waals surface area (Å²) in [5, 5.41) is 3.04. The first-order valence-electron chi connectivity index (χ1n) is 7.57. The number of hydrogen-bond acceptors (Lipinski definition) is 1. The summed E-state index contributed by atoms with van der Waals surface area (Å²) in [7, 11) is 0. The van der Waals surface area contributed by atoms with Gasteiger partial charge >= 0.3 is 0 Å². The van der Waals surface area contributed by atoms with Crippen LogP contribution < -0.4 is 5.32 Å². The maximum atomic E-state index is 11.8. The molecule has 19 heavy (non-hydrogen) atoms. The summed E-state index contributed by atoms with van der Waals surface area (Å²) in [6, 6.07) is 8.10. The molecule has 1 fully saturated rings. The fourth-order valence-electron chi connectivity index (χ4n) is 2.96. The second-order valence-electron chi connectivity index (χ2n) is 5.75. The molecular weight excluding hydrogens is 234 g/mol. The molecule has 1 N–H and O–H groups in total. The van der Waals surface area contributed by atoms with Crippen LogP contribution in [0.25, 0.3) is 0 Å². The van der Waals surface area contributed by atoms with E-state index in [4.69, 9.17) is 0 Å². The second kappa shape index (κ2) is 7.32. The highest BCUT2D eigenvalue weighted by Crippen LogP contribution is 2.28. The van der Waals surface area contributed by atoms with Crippen molar-refractivity contribution in [3.05, 3.63) is 35.4 Å². The van der Waals surface area contributed by atoms with Crippen molar-refractivity contribution >= 4 is 5.91 Å². The molecule has 1 aliphatic rings. The Bertz CT molecular complexity index is 407. The molecule has 1 aliphatic carbocycles. The fraction of sp³-hybridized carbons (Fsp3) is 0.588. The predicted molar refractivity (Wildman–Crippen MR) is 79.1 cm³/mol. The summed E-state index contributed by atoms with van der Waals surface area (Å²) in [5.41, 5.74) is 2.33. The van der Waals surface area contributed by atoms with Crippen LogP contribution >= 0.6 is 0 Å². The Morgan fingerprint density at radius 1 is 1.26 bits per heavy atom. The van der Waals surface area contributed by atoms with Crippen molar-refractivity contribution in [2.45, 2.75) is 51.9 Å². The summed E-state index contributed by atoms with van der Waals surface area (Å²) in [5.74, 6) is 1.08. The van der Waals surface area contributed by atoms with E-state index in [1.807, 2.05) is 18.2 Å². The van der Waals surface area contributed by atoms with Crippen molar-refractivity contribution in [2.75, 3.05) is 6.54 Å². The molecule has 0 atom stereocenters. The molecule has 2 nitrogen and oxygen atoms in total. The highest BCUT2D eigenvalue weighted by molar-refractivity contribution is 5.78. The van der Waals surface area contributed by atoms with Gasteiger partial charge in [0.1, 0.15) is 0 Å². The lowest BCUT2D eigenvalue weighted by Gasteiger charge is -2.10. The van der Waals surface area contributed by atoms with Gasteiger partial charge in [0.05, 0.1) is 6.42 Å². The summed E-state index contributed by atoms with van der Waals surface area (Å²) in [6.45, 7) is 2.89. The van der Waals surface area contributed by atoms with Crippen molar-refractivity contribution < 1.29 is 4.79 Å². The summed E-state index contributed by atoms with van der Waals surface area (Å²) < 4.78 is 0. The number of nitrogens with one attached hydrogen (secondary N) is 1. The van der Waals surface area contributed by atoms with Crippen LogP contribution in [0.5, 0.6) is 0 Å². The normalized spacial score (nSPS) is 15.6. The smallest absolute Gasteiger partial charge is 0.224 e. The average Bonchev–Trinajstić information content (AvgIpc) is 2.91. The zero-order valence-corrected chi connectivity index (χ0v) is 12.0. The van der Waals surface area contributed by atoms with E-state index < -0.39 is 0 Å². The minimum atomic E-state index is 0.153. The Kier molecular flexibility index (Phi) is 5.44. The van der Waals surface area contributed by atoms with Crippen molar-refractivity contribution in [2.24, 2.45) is 5.92 Å². The predicted octanol–water partition coefficient (Wildman–Crippen LogP) is 3.62. The summed E-state index contributed by atoms with van der Waals surface area (Å²) in [6.07, 6.45) is 8.54. The van der Waals surface area contributed by atoms with Crippen LogP contribution in [0.1, 0.15) is 49.7 Å². The van der Waals surface area contributed by atoms with E-state index >= 15 is 0 Å². The van der Waals surface area contributed by atoms with Gasteiger partial charge in [0.25, 0.3) is 0 Å². The van der Waals surface area contributed by atoms with Crippen LogP contribution in [0.3, 0.4) is 0 Å². The molecule has 1 amide bonds. The van der Waals surface area contributed by atoms with Crippen molar-refractivity contribution in [3.8, 4) is 0 Å². The number of amides is 1. The highest BCUT2D eigenvalue weighted by Gasteiger charge is 2.14. The van der Waals surface area contributed by atoms with E-state index in [0.29, 0.717) is 6.42 Å². The highest BCUT2D eigenvalue weighted by atomic mass is 16.1. The second-order valence-corrected chi connectivity index (χ2v) is 5.75. The molecule has 0 saturated heterocycles. The molecular formula is C17H25NO. The molecule has 1 aromatic rings. The van der Waals surface area contributed by atoms with Crippen LogP contribution in [0.2, 0.25) is 0 Å². The van der Waals surface area contributed by atoms with Gasteiger partial charge in [-0.25, -0.2) is 0 Å². The molecule has 0 spiro atoms. The number of carbonyl (C=O) groups is 1. The SMILES string of the molecule is Cc1ccccc1CC(=O)NCCCC1CCCC1. The van der Waals surface area contributed by atoms with E-state index in [-0.39, 0.29) is 5.91 Å². The Morgan fingerprint density at radius 3 is 2.74 bits per heavy atom. The van der Waals surface area contributed by atoms with Gasteiger partial charge in [-0.3, -0.25) is 4.79 Å². The molecule has 2 rings (SSSR count). The average molecular weight is 259 g/mol. The van der Waals surface area contributed by atoms with Gasteiger partial charge in [-0.1, -0.05) is 49.9 Å². The van der Waals surface area contributed by atoms with Crippen molar-refractivity contribution in [1.82, 2.24) is 5.32 Å². The van der Waals surface area contributed by atoms with Gasteiger partial charge in [0, 0.05) is 6.54 Å². The number of hydrogen-bond donors (Lipinski definition) is 1. The van der Waals surface area contributed by atoms with E-state index in [1.54, 1.807) is 0 Å². The van der Waals surface area contributed by atoms with Crippen LogP contribution in [-0.4, -0.2) is 12.5 Å². The summed E-state index contributed by atoms with van der Waals surface area (Å²) >= 11 is 0. The van der Waals surface area contributed by atoms with E-state index in [1.165, 1.54) is 37.7 Å². The lowest BCUT2D eigenvalue weighted by molar-refractivity contribution is -0.120. The number of rotatable bonds is 6. The molecule has 0 unspecified atom stereocenters. The maximum absolute atomic E-state index is 11.8. The molecule has 1 saturated carbocycles. The third-order valence-electron chi connectivity index (χ3n) is 4.20. The molecule has 0 bridgehead atoms. The minimum absolute atomic E-state index is 0.153. The van der Waals surface area contributed by atoms with Gasteiger partial charge in [0.2, 0.25) is 5.91 Å². The van der Waals surface area contributed by atoms with Crippen LogP contribution in [-0.2, 0) is 11.2 Å². The quantitative estimate of drug-likeness (QED) is 0.777. The first kappa shape index (κ1) is 14.1. The van der Waals surface area contributed by atoms with Crippen LogP contribution in [0.4, 0.5) is 0 Å². The monoisotopic (exact) mass is 259 g/mol. The molecule has 104 valence electrons. The Balaban J connectivity index is 1.63. The Hall–Kier alpha value is -1.31. The van der Waals surface area contributed by atoms with E-state index in [9.17, 15) is 4.79 Å². The van der Waals surface area contributed by atoms with Crippen LogP contribution in [0.15, 0.2) is 24.3 Å². The van der Waals surface area contributed by atoms with E-state index in [2.05, 4.69) is 18.3 Å². The van der Waals surface area contributed by atoms with Crippen molar-refractivity contribution in [1.29, 1.82) is 0 Å². The fourth-order valence-corrected chi connectivity index (χ4v) is 2.96. The zero-order chi connectivity index (χ0) is 13.5. The molecule has 2 heteroatoms. The molecule has 1 aromatic carbocycles. The van der Waals surface area contributed by atoms with E-state index in [0.717, 1.165) is 24.4 Å². The number of aryl methyl sites for hydroxylation is 1. The van der Waals surface area contributed by atoms with Crippen molar-refractivity contribution in [3.63, 3.8) is 0 Å². The third kappa shape index (κ3) is 4.70. The zero-order valence-electron chi connectivity index (χ0n) is 12.0. The summed E-state index contributed by atoms with van der Waals surface area (Å²) in [4.78, 5) is 11.8. The molecule has 0 aliphatic heterocycles. The standard InChI is InChI=1S/C17H25NO/c1-14-7-2-5-11-16(14)13-17(19)18-12-6-10-15-8-3-4-9-15/h2,5,7,11,15H,3-4,6,8-10,12-13H2,1H3,(H,18,19). The van der Waals surface area contributed by atoms with Gasteiger partial charge in [-0.05, 0) is 36.8 Å². The lowest BCUT2D eigenvalue weighted by atomic mass is 10.0. The largest absolute Gasteiger partial charge is 0.356 e. The van der Waals surface area contributed by atoms with Gasteiger partial charge < -0.3 is 5.32 Å². The Morgan fingerprint density at radius 2 is 2.00 bits per heavy atom. The number of benzene rings is 1. The minimum Gasteiger partial charge on any atom is -0.356 e. The van der Waals surface area contributed by atoms with Crippen LogP contribution in [0, 0.1) is 12.8 Å². The number of carbonyl (C=O) groups excluding carboxylic acids is 1. The third-order valence-corrected chi connectivity index (χ3v) is 4.20. The van der Waals surface area contributed by atoms with Gasteiger partial charge in [-0.2, -0.15) is 0 Å². The topological polar surface area (TPSA) is 29.1 Å². The first-order chi connectivity index (χ1) is 9.25.